The molecular weight excluding hydrogens is 228 g/mol. The SMILES string of the molecule is COc1ccc(OC)c(-c2cccccc2=O)c1. The molecule has 0 saturated heterocycles. The van der Waals surface area contributed by atoms with Gasteiger partial charge in [0.15, 0.2) is 5.43 Å². The highest BCUT2D eigenvalue weighted by atomic mass is 16.5. The van der Waals surface area contributed by atoms with Crippen LogP contribution in [0.25, 0.3) is 11.1 Å². The van der Waals surface area contributed by atoms with Crippen LogP contribution >= 0.6 is 0 Å². The van der Waals surface area contributed by atoms with Crippen LogP contribution < -0.4 is 14.9 Å². The molecule has 0 saturated carbocycles. The molecule has 2 aromatic rings. The number of ether oxygens (including phenoxy) is 2. The number of hydrogen-bond donors (Lipinski definition) is 0. The van der Waals surface area contributed by atoms with Crippen LogP contribution in [0.4, 0.5) is 0 Å². The van der Waals surface area contributed by atoms with Gasteiger partial charge in [-0.1, -0.05) is 24.3 Å². The summed E-state index contributed by atoms with van der Waals surface area (Å²) in [5.41, 5.74) is 1.28. The predicted molar refractivity (Wildman–Crippen MR) is 71.3 cm³/mol. The van der Waals surface area contributed by atoms with Gasteiger partial charge in [0, 0.05) is 11.1 Å². The molecule has 0 heterocycles. The molecule has 3 heteroatoms. The van der Waals surface area contributed by atoms with Crippen LogP contribution in [-0.2, 0) is 0 Å². The molecule has 0 aliphatic rings. The fourth-order valence-corrected chi connectivity index (χ4v) is 1.78. The Labute approximate surface area is 106 Å². The van der Waals surface area contributed by atoms with Crippen LogP contribution in [0.2, 0.25) is 0 Å². The van der Waals surface area contributed by atoms with E-state index >= 15 is 0 Å². The van der Waals surface area contributed by atoms with Crippen LogP contribution in [0.5, 0.6) is 11.5 Å². The molecule has 0 atom stereocenters. The largest absolute Gasteiger partial charge is 0.497 e. The third-order valence-corrected chi connectivity index (χ3v) is 2.69. The third-order valence-electron chi connectivity index (χ3n) is 2.69. The first kappa shape index (κ1) is 12.2. The van der Waals surface area contributed by atoms with Crippen molar-refractivity contribution in [3.05, 3.63) is 58.8 Å². The molecule has 0 spiro atoms. The van der Waals surface area contributed by atoms with Crippen molar-refractivity contribution < 1.29 is 9.47 Å². The number of rotatable bonds is 3. The topological polar surface area (TPSA) is 35.5 Å². The average Bonchev–Trinajstić information content (AvgIpc) is 2.62. The van der Waals surface area contributed by atoms with Gasteiger partial charge in [-0.15, -0.1) is 0 Å². The van der Waals surface area contributed by atoms with Gasteiger partial charge < -0.3 is 9.47 Å². The zero-order chi connectivity index (χ0) is 13.0. The Morgan fingerprint density at radius 1 is 0.833 bits per heavy atom. The van der Waals surface area contributed by atoms with E-state index in [1.807, 2.05) is 12.1 Å². The highest BCUT2D eigenvalue weighted by Gasteiger charge is 2.09. The van der Waals surface area contributed by atoms with Gasteiger partial charge in [-0.25, -0.2) is 0 Å². The summed E-state index contributed by atoms with van der Waals surface area (Å²) in [5, 5.41) is 0. The van der Waals surface area contributed by atoms with Crippen molar-refractivity contribution >= 4 is 0 Å². The lowest BCUT2D eigenvalue weighted by Crippen LogP contribution is -2.00. The zero-order valence-electron chi connectivity index (χ0n) is 10.3. The van der Waals surface area contributed by atoms with Crippen LogP contribution in [0.3, 0.4) is 0 Å². The summed E-state index contributed by atoms with van der Waals surface area (Å²) >= 11 is 0. The lowest BCUT2D eigenvalue weighted by Gasteiger charge is -2.09. The highest BCUT2D eigenvalue weighted by molar-refractivity contribution is 5.71. The maximum absolute atomic E-state index is 12.0. The van der Waals surface area contributed by atoms with Crippen LogP contribution in [0.1, 0.15) is 0 Å². The summed E-state index contributed by atoms with van der Waals surface area (Å²) in [5.74, 6) is 1.34. The molecule has 0 unspecified atom stereocenters. The maximum Gasteiger partial charge on any atom is 0.186 e. The second-order valence-corrected chi connectivity index (χ2v) is 3.75. The van der Waals surface area contributed by atoms with Crippen LogP contribution in [0.15, 0.2) is 53.3 Å². The van der Waals surface area contributed by atoms with E-state index in [0.717, 1.165) is 5.56 Å². The molecule has 0 N–H and O–H groups in total. The first-order chi connectivity index (χ1) is 8.76. The Bertz CT molecular complexity index is 606. The first-order valence-corrected chi connectivity index (χ1v) is 5.58. The summed E-state index contributed by atoms with van der Waals surface area (Å²) < 4.78 is 10.5. The van der Waals surface area contributed by atoms with Crippen LogP contribution in [-0.4, -0.2) is 14.2 Å². The van der Waals surface area contributed by atoms with E-state index in [2.05, 4.69) is 0 Å². The third kappa shape index (κ3) is 2.35. The van der Waals surface area contributed by atoms with Gasteiger partial charge in [0.2, 0.25) is 0 Å². The molecule has 3 nitrogen and oxygen atoms in total. The van der Waals surface area contributed by atoms with Gasteiger partial charge in [-0.05, 0) is 24.3 Å². The number of methoxy groups -OCH3 is 2. The average molecular weight is 242 g/mol. The Balaban J connectivity index is 2.69. The van der Waals surface area contributed by atoms with E-state index in [1.54, 1.807) is 44.6 Å². The molecule has 0 radical (unpaired) electrons. The van der Waals surface area contributed by atoms with Crippen molar-refractivity contribution in [3.63, 3.8) is 0 Å². The number of hydrogen-bond acceptors (Lipinski definition) is 3. The molecule has 2 rings (SSSR count). The van der Waals surface area contributed by atoms with Crippen molar-refractivity contribution in [2.75, 3.05) is 14.2 Å². The molecule has 0 aromatic heterocycles. The summed E-state index contributed by atoms with van der Waals surface area (Å²) in [7, 11) is 3.17. The van der Waals surface area contributed by atoms with E-state index in [1.165, 1.54) is 6.07 Å². The van der Waals surface area contributed by atoms with Gasteiger partial charge in [0.25, 0.3) is 0 Å². The molecule has 2 aromatic carbocycles. The van der Waals surface area contributed by atoms with Gasteiger partial charge in [-0.3, -0.25) is 4.79 Å². The summed E-state index contributed by atoms with van der Waals surface area (Å²) in [6, 6.07) is 14.1. The lowest BCUT2D eigenvalue weighted by atomic mass is 10.1. The Morgan fingerprint density at radius 3 is 2.33 bits per heavy atom. The zero-order valence-corrected chi connectivity index (χ0v) is 10.3. The van der Waals surface area contributed by atoms with Gasteiger partial charge in [0.05, 0.1) is 14.2 Å². The van der Waals surface area contributed by atoms with E-state index in [4.69, 9.17) is 9.47 Å². The minimum atomic E-state index is -0.0495. The smallest absolute Gasteiger partial charge is 0.186 e. The van der Waals surface area contributed by atoms with Crippen molar-refractivity contribution in [3.8, 4) is 22.6 Å². The molecular formula is C15H14O3. The fraction of sp³-hybridized carbons (Fsp3) is 0.133. The van der Waals surface area contributed by atoms with Gasteiger partial charge in [-0.2, -0.15) is 0 Å². The second-order valence-electron chi connectivity index (χ2n) is 3.75. The second kappa shape index (κ2) is 5.36. The quantitative estimate of drug-likeness (QED) is 0.830. The molecule has 0 amide bonds. The minimum Gasteiger partial charge on any atom is -0.497 e. The fourth-order valence-electron chi connectivity index (χ4n) is 1.78. The Hall–Kier alpha value is -2.29. The molecule has 0 bridgehead atoms. The normalized spacial score (nSPS) is 9.89. The standard InChI is InChI=1S/C15H14O3/c1-17-11-8-9-15(18-2)13(10-11)12-6-4-3-5-7-14(12)16/h3-10H,1-2H3. The van der Waals surface area contributed by atoms with Gasteiger partial charge in [0.1, 0.15) is 11.5 Å². The van der Waals surface area contributed by atoms with Crippen molar-refractivity contribution in [2.24, 2.45) is 0 Å². The van der Waals surface area contributed by atoms with Crippen molar-refractivity contribution in [1.29, 1.82) is 0 Å². The van der Waals surface area contributed by atoms with E-state index in [-0.39, 0.29) is 5.43 Å². The summed E-state index contributed by atoms with van der Waals surface area (Å²) in [6.07, 6.45) is 0. The Morgan fingerprint density at radius 2 is 1.61 bits per heavy atom. The van der Waals surface area contributed by atoms with Crippen molar-refractivity contribution in [1.82, 2.24) is 0 Å². The van der Waals surface area contributed by atoms with E-state index < -0.39 is 0 Å². The lowest BCUT2D eigenvalue weighted by molar-refractivity contribution is 0.404. The molecule has 0 aliphatic carbocycles. The predicted octanol–water partition coefficient (Wildman–Crippen LogP) is 2.73. The van der Waals surface area contributed by atoms with E-state index in [9.17, 15) is 4.79 Å². The monoisotopic (exact) mass is 242 g/mol. The number of benzene rings is 1. The van der Waals surface area contributed by atoms with Crippen molar-refractivity contribution in [2.45, 2.75) is 0 Å². The van der Waals surface area contributed by atoms with Crippen LogP contribution in [0, 0.1) is 0 Å². The minimum absolute atomic E-state index is 0.0495. The maximum atomic E-state index is 12.0. The van der Waals surface area contributed by atoms with Gasteiger partial charge >= 0.3 is 0 Å². The summed E-state index contributed by atoms with van der Waals surface area (Å²) in [4.78, 5) is 12.0. The molecule has 92 valence electrons. The first-order valence-electron chi connectivity index (χ1n) is 5.58. The molecule has 0 fully saturated rings. The molecule has 18 heavy (non-hydrogen) atoms. The highest BCUT2D eigenvalue weighted by Crippen LogP contribution is 2.31. The molecule has 0 aliphatic heterocycles. The summed E-state index contributed by atoms with van der Waals surface area (Å²) in [6.45, 7) is 0. The Kier molecular flexibility index (Phi) is 3.63. The van der Waals surface area contributed by atoms with E-state index in [0.29, 0.717) is 17.1 Å².